The zero-order chi connectivity index (χ0) is 12.3. The number of nitrogens with zero attached hydrogens (tertiary/aromatic N) is 1. The van der Waals surface area contributed by atoms with E-state index in [1.165, 1.54) is 11.1 Å². The minimum atomic E-state index is 0.0412. The van der Waals surface area contributed by atoms with Crippen LogP contribution in [0.25, 0.3) is 0 Å². The van der Waals surface area contributed by atoms with E-state index < -0.39 is 0 Å². The zero-order valence-electron chi connectivity index (χ0n) is 9.91. The van der Waals surface area contributed by atoms with Crippen LogP contribution < -0.4 is 4.90 Å². The van der Waals surface area contributed by atoms with Crippen LogP contribution in [-0.2, 0) is 22.4 Å². The minimum Gasteiger partial charge on any atom is -0.375 e. The number of methoxy groups -OCH3 is 1. The molecule has 3 nitrogen and oxygen atoms in total. The van der Waals surface area contributed by atoms with Crippen LogP contribution in [0.15, 0.2) is 18.2 Å². The molecule has 4 heteroatoms. The summed E-state index contributed by atoms with van der Waals surface area (Å²) in [4.78, 5) is 13.6. The fourth-order valence-electron chi connectivity index (χ4n) is 2.18. The lowest BCUT2D eigenvalue weighted by molar-refractivity contribution is -0.122. The van der Waals surface area contributed by atoms with Gasteiger partial charge in [-0.15, -0.1) is 0 Å². The van der Waals surface area contributed by atoms with Gasteiger partial charge in [-0.25, -0.2) is 0 Å². The molecule has 0 saturated carbocycles. The lowest BCUT2D eigenvalue weighted by Crippen LogP contribution is -2.31. The number of amides is 1. The molecule has 1 aromatic rings. The third-order valence-corrected chi connectivity index (χ3v) is 3.39. The Bertz CT molecular complexity index is 420. The summed E-state index contributed by atoms with van der Waals surface area (Å²) in [6.45, 7) is 0.928. The molecule has 0 bridgehead atoms. The number of rotatable bonds is 4. The maximum absolute atomic E-state index is 11.8. The molecule has 1 heterocycles. The number of hydrogen-bond donors (Lipinski definition) is 0. The van der Waals surface area contributed by atoms with Gasteiger partial charge in [0.15, 0.2) is 0 Å². The fourth-order valence-corrected chi connectivity index (χ4v) is 2.64. The number of anilines is 1. The smallest absolute Gasteiger partial charge is 0.252 e. The minimum absolute atomic E-state index is 0.0412. The second-order valence-corrected chi connectivity index (χ2v) is 4.92. The first-order valence-corrected chi connectivity index (χ1v) is 6.85. The van der Waals surface area contributed by atoms with E-state index in [2.05, 4.69) is 28.1 Å². The van der Waals surface area contributed by atoms with Crippen LogP contribution >= 0.6 is 15.9 Å². The van der Waals surface area contributed by atoms with Crippen molar-refractivity contribution in [3.05, 3.63) is 29.3 Å². The highest BCUT2D eigenvalue weighted by atomic mass is 79.9. The van der Waals surface area contributed by atoms with Crippen molar-refractivity contribution in [2.24, 2.45) is 0 Å². The number of halogens is 1. The van der Waals surface area contributed by atoms with E-state index in [0.717, 1.165) is 30.4 Å². The Balaban J connectivity index is 2.18. The Hall–Kier alpha value is -0.870. The highest BCUT2D eigenvalue weighted by Gasteiger charge is 2.24. The number of carbonyl (C=O) groups is 1. The van der Waals surface area contributed by atoms with Gasteiger partial charge in [0.1, 0.15) is 6.61 Å². The molecule has 1 aromatic carbocycles. The maximum atomic E-state index is 11.8. The quantitative estimate of drug-likeness (QED) is 0.797. The third kappa shape index (κ3) is 2.69. The molecular formula is C13H16BrNO2. The van der Waals surface area contributed by atoms with E-state index in [0.29, 0.717) is 0 Å². The Labute approximate surface area is 110 Å². The Morgan fingerprint density at radius 3 is 3.06 bits per heavy atom. The number of benzene rings is 1. The van der Waals surface area contributed by atoms with Gasteiger partial charge in [0, 0.05) is 24.7 Å². The van der Waals surface area contributed by atoms with Gasteiger partial charge in [-0.2, -0.15) is 0 Å². The first kappa shape index (κ1) is 12.6. The zero-order valence-corrected chi connectivity index (χ0v) is 11.5. The van der Waals surface area contributed by atoms with Gasteiger partial charge in [0.2, 0.25) is 0 Å². The predicted molar refractivity (Wildman–Crippen MR) is 71.9 cm³/mol. The fraction of sp³-hybridized carbons (Fsp3) is 0.462. The summed E-state index contributed by atoms with van der Waals surface area (Å²) in [6, 6.07) is 6.35. The molecule has 0 atom stereocenters. The molecule has 17 heavy (non-hydrogen) atoms. The lowest BCUT2D eigenvalue weighted by atomic mass is 10.1. The summed E-state index contributed by atoms with van der Waals surface area (Å²) < 4.78 is 4.90. The van der Waals surface area contributed by atoms with Gasteiger partial charge in [0.25, 0.3) is 5.91 Å². The highest BCUT2D eigenvalue weighted by Crippen LogP contribution is 2.29. The first-order valence-electron chi connectivity index (χ1n) is 5.73. The summed E-state index contributed by atoms with van der Waals surface area (Å²) in [7, 11) is 1.55. The Morgan fingerprint density at radius 2 is 2.35 bits per heavy atom. The molecular weight excluding hydrogens is 282 g/mol. The van der Waals surface area contributed by atoms with Crippen molar-refractivity contribution in [2.75, 3.05) is 30.5 Å². The van der Waals surface area contributed by atoms with Crippen molar-refractivity contribution in [1.82, 2.24) is 0 Å². The Kier molecular flexibility index (Phi) is 4.18. The summed E-state index contributed by atoms with van der Waals surface area (Å²) in [5.74, 6) is 0.0412. The molecule has 0 fully saturated rings. The number of hydrogen-bond acceptors (Lipinski definition) is 2. The molecule has 0 spiro atoms. The average molecular weight is 298 g/mol. The summed E-state index contributed by atoms with van der Waals surface area (Å²) in [5.41, 5.74) is 3.64. The van der Waals surface area contributed by atoms with Crippen LogP contribution in [0.1, 0.15) is 11.1 Å². The highest BCUT2D eigenvalue weighted by molar-refractivity contribution is 9.09. The maximum Gasteiger partial charge on any atom is 0.252 e. The van der Waals surface area contributed by atoms with Crippen molar-refractivity contribution in [1.29, 1.82) is 0 Å². The third-order valence-electron chi connectivity index (χ3n) is 2.99. The van der Waals surface area contributed by atoms with Crippen molar-refractivity contribution >= 4 is 27.5 Å². The first-order chi connectivity index (χ1) is 8.26. The summed E-state index contributed by atoms with van der Waals surface area (Å²) >= 11 is 3.44. The van der Waals surface area contributed by atoms with Crippen LogP contribution in [-0.4, -0.2) is 31.5 Å². The largest absolute Gasteiger partial charge is 0.375 e. The van der Waals surface area contributed by atoms with Crippen molar-refractivity contribution in [3.63, 3.8) is 0 Å². The Morgan fingerprint density at radius 1 is 1.53 bits per heavy atom. The monoisotopic (exact) mass is 297 g/mol. The van der Waals surface area contributed by atoms with Gasteiger partial charge in [-0.05, 0) is 30.0 Å². The van der Waals surface area contributed by atoms with Crippen molar-refractivity contribution in [3.8, 4) is 0 Å². The van der Waals surface area contributed by atoms with Crippen molar-refractivity contribution in [2.45, 2.75) is 12.8 Å². The molecule has 0 radical (unpaired) electrons. The number of carbonyl (C=O) groups excluding carboxylic acids is 1. The lowest BCUT2D eigenvalue weighted by Gasteiger charge is -2.16. The number of alkyl halides is 1. The van der Waals surface area contributed by atoms with E-state index in [1.807, 2.05) is 11.0 Å². The summed E-state index contributed by atoms with van der Waals surface area (Å²) in [6.07, 6.45) is 1.97. The molecule has 0 unspecified atom stereocenters. The predicted octanol–water partition coefficient (Wildman–Crippen LogP) is 2.16. The SMILES string of the molecule is COCC(=O)N1CCc2cc(CCBr)ccc21. The van der Waals surface area contributed by atoms with Crippen LogP contribution in [0.5, 0.6) is 0 Å². The second-order valence-electron chi connectivity index (χ2n) is 4.13. The molecule has 0 aromatic heterocycles. The van der Waals surface area contributed by atoms with E-state index in [4.69, 9.17) is 4.74 Å². The summed E-state index contributed by atoms with van der Waals surface area (Å²) in [5, 5.41) is 0.970. The molecule has 0 saturated heterocycles. The van der Waals surface area contributed by atoms with Crippen LogP contribution in [0, 0.1) is 0 Å². The van der Waals surface area contributed by atoms with Crippen LogP contribution in [0.3, 0.4) is 0 Å². The topological polar surface area (TPSA) is 29.5 Å². The number of ether oxygens (including phenoxy) is 1. The van der Waals surface area contributed by atoms with Crippen molar-refractivity contribution < 1.29 is 9.53 Å². The molecule has 0 aliphatic carbocycles. The van der Waals surface area contributed by atoms with E-state index >= 15 is 0 Å². The van der Waals surface area contributed by atoms with Gasteiger partial charge in [0.05, 0.1) is 0 Å². The van der Waals surface area contributed by atoms with Gasteiger partial charge >= 0.3 is 0 Å². The number of aryl methyl sites for hydroxylation is 1. The second kappa shape index (κ2) is 5.65. The van der Waals surface area contributed by atoms with E-state index in [9.17, 15) is 4.79 Å². The standard InChI is InChI=1S/C13H16BrNO2/c1-17-9-13(16)15-7-5-11-8-10(4-6-14)2-3-12(11)15/h2-3,8H,4-7,9H2,1H3. The molecule has 1 amide bonds. The molecule has 0 N–H and O–H groups in total. The van der Waals surface area contributed by atoms with Crippen LogP contribution in [0.4, 0.5) is 5.69 Å². The molecule has 92 valence electrons. The number of fused-ring (bicyclic) bond motifs is 1. The van der Waals surface area contributed by atoms with Gasteiger partial charge in [-0.3, -0.25) is 4.79 Å². The van der Waals surface area contributed by atoms with E-state index in [-0.39, 0.29) is 12.5 Å². The van der Waals surface area contributed by atoms with E-state index in [1.54, 1.807) is 7.11 Å². The average Bonchev–Trinajstić information content (AvgIpc) is 2.73. The molecule has 1 aliphatic heterocycles. The van der Waals surface area contributed by atoms with Gasteiger partial charge in [-0.1, -0.05) is 28.1 Å². The molecule has 2 rings (SSSR count). The normalized spacial score (nSPS) is 13.9. The molecule has 1 aliphatic rings. The van der Waals surface area contributed by atoms with Crippen LogP contribution in [0.2, 0.25) is 0 Å². The van der Waals surface area contributed by atoms with Gasteiger partial charge < -0.3 is 9.64 Å².